The quantitative estimate of drug-likeness (QED) is 0.855. The summed E-state index contributed by atoms with van der Waals surface area (Å²) in [4.78, 5) is 27.5. The first-order chi connectivity index (χ1) is 11.6. The molecule has 0 aliphatic rings. The molecule has 0 spiro atoms. The Bertz CT molecular complexity index is 811. The number of nitrogens with zero attached hydrogens (tertiary/aromatic N) is 3. The molecule has 1 N–H and O–H groups in total. The molecule has 1 amide bonds. The zero-order valence-electron chi connectivity index (χ0n) is 14.6. The lowest BCUT2D eigenvalue weighted by Gasteiger charge is -2.19. The number of halogens is 1. The van der Waals surface area contributed by atoms with E-state index in [1.807, 2.05) is 0 Å². The normalized spacial score (nSPS) is 11.1. The molecule has 0 atom stereocenters. The van der Waals surface area contributed by atoms with Gasteiger partial charge in [0.25, 0.3) is 0 Å². The molecule has 9 heteroatoms. The first-order valence-corrected chi connectivity index (χ1v) is 7.38. The fourth-order valence-electron chi connectivity index (χ4n) is 2.08. The third-order valence-electron chi connectivity index (χ3n) is 3.06. The summed E-state index contributed by atoms with van der Waals surface area (Å²) in [6.07, 6.45) is 1.85. The first-order valence-electron chi connectivity index (χ1n) is 7.38. The summed E-state index contributed by atoms with van der Waals surface area (Å²) in [6, 6.07) is 1.08. The second-order valence-electron chi connectivity index (χ2n) is 6.20. The predicted molar refractivity (Wildman–Crippen MR) is 87.6 cm³/mol. The Balaban J connectivity index is 2.29. The van der Waals surface area contributed by atoms with Gasteiger partial charge in [0.1, 0.15) is 11.3 Å². The van der Waals surface area contributed by atoms with Gasteiger partial charge in [0.2, 0.25) is 0 Å². The maximum atomic E-state index is 14.4. The van der Waals surface area contributed by atoms with Gasteiger partial charge < -0.3 is 9.47 Å². The molecule has 0 saturated carbocycles. The molecule has 0 saturated heterocycles. The van der Waals surface area contributed by atoms with Crippen LogP contribution in [0.1, 0.15) is 31.3 Å². The number of aryl methyl sites for hydroxylation is 1. The average Bonchev–Trinajstić information content (AvgIpc) is 2.86. The van der Waals surface area contributed by atoms with Gasteiger partial charge >= 0.3 is 12.1 Å². The summed E-state index contributed by atoms with van der Waals surface area (Å²) in [6.45, 7) is 5.14. The van der Waals surface area contributed by atoms with Crippen LogP contribution in [0.25, 0.3) is 11.3 Å². The number of methoxy groups -OCH3 is 1. The number of esters is 1. The van der Waals surface area contributed by atoms with Crippen LogP contribution in [-0.2, 0) is 16.5 Å². The van der Waals surface area contributed by atoms with Crippen LogP contribution in [0.5, 0.6) is 0 Å². The highest BCUT2D eigenvalue weighted by molar-refractivity contribution is 5.95. The van der Waals surface area contributed by atoms with Gasteiger partial charge in [-0.05, 0) is 20.8 Å². The third-order valence-corrected chi connectivity index (χ3v) is 3.06. The van der Waals surface area contributed by atoms with Gasteiger partial charge in [-0.15, -0.1) is 0 Å². The molecule has 8 nitrogen and oxygen atoms in total. The second kappa shape index (κ2) is 6.88. The maximum absolute atomic E-state index is 14.4. The van der Waals surface area contributed by atoms with Crippen molar-refractivity contribution >= 4 is 17.7 Å². The Labute approximate surface area is 144 Å². The standard InChI is InChI=1S/C16H19FN4O4/c1-16(2,3)25-15(23)20-9-6-11(17)12(18-7-9)10-8-19-21(4)13(10)14(22)24-5/h6-8H,1-5H3,(H,20,23). The number of carbonyl (C=O) groups is 2. The van der Waals surface area contributed by atoms with Crippen LogP contribution in [0, 0.1) is 5.82 Å². The van der Waals surface area contributed by atoms with Crippen LogP contribution < -0.4 is 5.32 Å². The highest BCUT2D eigenvalue weighted by Crippen LogP contribution is 2.26. The molecule has 2 aromatic heterocycles. The number of amides is 1. The van der Waals surface area contributed by atoms with Crippen molar-refractivity contribution in [1.29, 1.82) is 0 Å². The minimum Gasteiger partial charge on any atom is -0.464 e. The summed E-state index contributed by atoms with van der Waals surface area (Å²) >= 11 is 0. The van der Waals surface area contributed by atoms with Crippen molar-refractivity contribution in [2.45, 2.75) is 26.4 Å². The van der Waals surface area contributed by atoms with Crippen LogP contribution >= 0.6 is 0 Å². The maximum Gasteiger partial charge on any atom is 0.412 e. The molecule has 0 fully saturated rings. The Morgan fingerprint density at radius 3 is 2.52 bits per heavy atom. The molecule has 0 aliphatic carbocycles. The van der Waals surface area contributed by atoms with E-state index < -0.39 is 23.5 Å². The van der Waals surface area contributed by atoms with Crippen molar-refractivity contribution in [2.75, 3.05) is 12.4 Å². The summed E-state index contributed by atoms with van der Waals surface area (Å²) in [5.74, 6) is -1.39. The van der Waals surface area contributed by atoms with E-state index in [4.69, 9.17) is 4.74 Å². The van der Waals surface area contributed by atoms with E-state index in [-0.39, 0.29) is 22.6 Å². The van der Waals surface area contributed by atoms with Gasteiger partial charge in [0.05, 0.1) is 30.8 Å². The topological polar surface area (TPSA) is 95.3 Å². The lowest BCUT2D eigenvalue weighted by Crippen LogP contribution is -2.27. The Kier molecular flexibility index (Phi) is 5.05. The number of hydrogen-bond acceptors (Lipinski definition) is 6. The fraction of sp³-hybridized carbons (Fsp3) is 0.375. The smallest absolute Gasteiger partial charge is 0.412 e. The SMILES string of the molecule is COC(=O)c1c(-c2ncc(NC(=O)OC(C)(C)C)cc2F)cnn1C. The van der Waals surface area contributed by atoms with Gasteiger partial charge in [-0.25, -0.2) is 14.0 Å². The molecule has 134 valence electrons. The van der Waals surface area contributed by atoms with Crippen LogP contribution in [0.2, 0.25) is 0 Å². The zero-order valence-corrected chi connectivity index (χ0v) is 14.6. The monoisotopic (exact) mass is 350 g/mol. The molecule has 0 bridgehead atoms. The van der Waals surface area contributed by atoms with Gasteiger partial charge in [0, 0.05) is 13.1 Å². The van der Waals surface area contributed by atoms with Gasteiger partial charge in [-0.2, -0.15) is 5.10 Å². The van der Waals surface area contributed by atoms with E-state index in [9.17, 15) is 14.0 Å². The minimum atomic E-state index is -0.730. The molecule has 25 heavy (non-hydrogen) atoms. The van der Waals surface area contributed by atoms with E-state index in [0.29, 0.717) is 0 Å². The molecule has 0 radical (unpaired) electrons. The first kappa shape index (κ1) is 18.4. The van der Waals surface area contributed by atoms with Crippen LogP contribution in [0.4, 0.5) is 14.9 Å². The van der Waals surface area contributed by atoms with Gasteiger partial charge in [-0.3, -0.25) is 15.0 Å². The molecular weight excluding hydrogens is 331 g/mol. The highest BCUT2D eigenvalue weighted by Gasteiger charge is 2.23. The minimum absolute atomic E-state index is 0.0711. The zero-order chi connectivity index (χ0) is 18.8. The summed E-state index contributed by atoms with van der Waals surface area (Å²) in [5, 5.41) is 6.33. The van der Waals surface area contributed by atoms with Crippen LogP contribution in [-0.4, -0.2) is 39.5 Å². The Morgan fingerprint density at radius 1 is 1.28 bits per heavy atom. The molecule has 0 aliphatic heterocycles. The largest absolute Gasteiger partial charge is 0.464 e. The number of ether oxygens (including phenoxy) is 2. The number of aromatic nitrogens is 3. The van der Waals surface area contributed by atoms with E-state index in [1.54, 1.807) is 20.8 Å². The molecule has 0 unspecified atom stereocenters. The Hall–Kier alpha value is -2.97. The third kappa shape index (κ3) is 4.31. The Morgan fingerprint density at radius 2 is 1.96 bits per heavy atom. The van der Waals surface area contributed by atoms with Crippen LogP contribution in [0.15, 0.2) is 18.5 Å². The van der Waals surface area contributed by atoms with Crippen molar-refractivity contribution in [3.63, 3.8) is 0 Å². The van der Waals surface area contributed by atoms with E-state index in [2.05, 4.69) is 20.1 Å². The van der Waals surface area contributed by atoms with Crippen molar-refractivity contribution in [3.05, 3.63) is 30.0 Å². The molecule has 0 aromatic carbocycles. The fourth-order valence-corrected chi connectivity index (χ4v) is 2.08. The van der Waals surface area contributed by atoms with E-state index in [0.717, 1.165) is 6.07 Å². The van der Waals surface area contributed by atoms with Crippen molar-refractivity contribution in [3.8, 4) is 11.3 Å². The van der Waals surface area contributed by atoms with Gasteiger partial charge in [0.15, 0.2) is 11.5 Å². The molecule has 2 rings (SSSR count). The lowest BCUT2D eigenvalue weighted by molar-refractivity contribution is 0.0587. The number of hydrogen-bond donors (Lipinski definition) is 1. The number of carbonyl (C=O) groups excluding carboxylic acids is 2. The summed E-state index contributed by atoms with van der Waals surface area (Å²) in [7, 11) is 2.75. The van der Waals surface area contributed by atoms with Crippen molar-refractivity contribution < 1.29 is 23.5 Å². The molecule has 2 heterocycles. The highest BCUT2D eigenvalue weighted by atomic mass is 19.1. The second-order valence-corrected chi connectivity index (χ2v) is 6.20. The summed E-state index contributed by atoms with van der Waals surface area (Å²) in [5.41, 5.74) is -0.374. The number of rotatable bonds is 3. The summed E-state index contributed by atoms with van der Waals surface area (Å²) < 4.78 is 25.5. The van der Waals surface area contributed by atoms with Crippen LogP contribution in [0.3, 0.4) is 0 Å². The average molecular weight is 350 g/mol. The molecule has 2 aromatic rings. The predicted octanol–water partition coefficient (Wildman–Crippen LogP) is 2.75. The van der Waals surface area contributed by atoms with Crippen molar-refractivity contribution in [1.82, 2.24) is 14.8 Å². The van der Waals surface area contributed by atoms with Gasteiger partial charge in [-0.1, -0.05) is 0 Å². The van der Waals surface area contributed by atoms with Crippen molar-refractivity contribution in [2.24, 2.45) is 7.05 Å². The van der Waals surface area contributed by atoms with E-state index in [1.165, 1.54) is 31.2 Å². The number of nitrogens with one attached hydrogen (secondary N) is 1. The molecular formula is C16H19FN4O4. The van der Waals surface area contributed by atoms with E-state index >= 15 is 0 Å². The number of anilines is 1. The lowest BCUT2D eigenvalue weighted by atomic mass is 10.1. The number of pyridine rings is 1.